The van der Waals surface area contributed by atoms with Crippen LogP contribution in [0.25, 0.3) is 0 Å². The molecule has 0 unspecified atom stereocenters. The van der Waals surface area contributed by atoms with Gasteiger partial charge in [0, 0.05) is 12.3 Å². The molecule has 0 N–H and O–H groups in total. The highest BCUT2D eigenvalue weighted by Crippen LogP contribution is 2.13. The predicted octanol–water partition coefficient (Wildman–Crippen LogP) is 1.46. The van der Waals surface area contributed by atoms with E-state index in [4.69, 9.17) is 0 Å². The molecule has 2 heterocycles. The first-order valence-corrected chi connectivity index (χ1v) is 6.07. The zero-order valence-electron chi connectivity index (χ0n) is 10.9. The van der Waals surface area contributed by atoms with E-state index in [0.29, 0.717) is 6.54 Å². The fraction of sp³-hybridized carbons (Fsp3) is 0.500. The Morgan fingerprint density at radius 1 is 1.56 bits per heavy atom. The summed E-state index contributed by atoms with van der Waals surface area (Å²) in [5.41, 5.74) is 1.06. The third-order valence-electron chi connectivity index (χ3n) is 2.97. The second-order valence-electron chi connectivity index (χ2n) is 4.20. The summed E-state index contributed by atoms with van der Waals surface area (Å²) in [5, 5.41) is 4.14. The Balaban J connectivity index is 1.96. The molecular formula is C12H18N6. The number of nitrogens with zero attached hydrogens (tertiary/aromatic N) is 6. The molecule has 96 valence electrons. The van der Waals surface area contributed by atoms with Crippen LogP contribution < -0.4 is 0 Å². The van der Waals surface area contributed by atoms with Crippen LogP contribution in [-0.4, -0.2) is 38.3 Å². The van der Waals surface area contributed by atoms with Crippen molar-refractivity contribution < 1.29 is 0 Å². The molecule has 6 nitrogen and oxygen atoms in total. The summed E-state index contributed by atoms with van der Waals surface area (Å²) in [4.78, 5) is 14.8. The number of hydrogen-bond acceptors (Lipinski definition) is 4. The monoisotopic (exact) mass is 246 g/mol. The lowest BCUT2D eigenvalue weighted by molar-refractivity contribution is 0.261. The van der Waals surface area contributed by atoms with E-state index in [9.17, 15) is 0 Å². The van der Waals surface area contributed by atoms with Crippen LogP contribution in [0.4, 0.5) is 0 Å². The lowest BCUT2D eigenvalue weighted by atomic mass is 10.3. The minimum absolute atomic E-state index is 0.701. The summed E-state index contributed by atoms with van der Waals surface area (Å²) in [6.07, 6.45) is 4.09. The van der Waals surface area contributed by atoms with E-state index < -0.39 is 0 Å². The van der Waals surface area contributed by atoms with E-state index >= 15 is 0 Å². The number of hydrogen-bond donors (Lipinski definition) is 0. The first-order valence-electron chi connectivity index (χ1n) is 6.07. The largest absolute Gasteiger partial charge is 0.348 e. The molecule has 0 amide bonds. The molecule has 0 spiro atoms. The molecular weight excluding hydrogens is 228 g/mol. The lowest BCUT2D eigenvalue weighted by Crippen LogP contribution is -2.33. The van der Waals surface area contributed by atoms with Gasteiger partial charge in [-0.2, -0.15) is 5.10 Å². The summed E-state index contributed by atoms with van der Waals surface area (Å²) in [7, 11) is 0. The van der Waals surface area contributed by atoms with Gasteiger partial charge in [-0.05, 0) is 13.3 Å². The van der Waals surface area contributed by atoms with Crippen LogP contribution in [0, 0.1) is 0 Å². The van der Waals surface area contributed by atoms with Crippen molar-refractivity contribution in [3.63, 3.8) is 0 Å². The van der Waals surface area contributed by atoms with E-state index in [1.165, 1.54) is 0 Å². The fourth-order valence-corrected chi connectivity index (χ4v) is 1.65. The topological polar surface area (TPSA) is 58.7 Å². The zero-order valence-corrected chi connectivity index (χ0v) is 10.9. The van der Waals surface area contributed by atoms with Gasteiger partial charge in [0.2, 0.25) is 0 Å². The van der Waals surface area contributed by atoms with Crippen LogP contribution >= 0.6 is 0 Å². The van der Waals surface area contributed by atoms with Crippen molar-refractivity contribution in [3.8, 4) is 0 Å². The highest BCUT2D eigenvalue weighted by molar-refractivity contribution is 5.88. The molecule has 0 saturated carbocycles. The molecule has 0 fully saturated rings. The summed E-state index contributed by atoms with van der Waals surface area (Å²) >= 11 is 0. The second kappa shape index (κ2) is 5.57. The smallest absolute Gasteiger partial charge is 0.146 e. The molecule has 2 rings (SSSR count). The van der Waals surface area contributed by atoms with Crippen molar-refractivity contribution in [1.82, 2.24) is 19.7 Å². The molecule has 1 aliphatic rings. The SMILES string of the molecule is C=C(/N=C\N=C(C)CC)N1CCn2ncnc2C1. The molecule has 6 heteroatoms. The first kappa shape index (κ1) is 12.5. The van der Waals surface area contributed by atoms with Gasteiger partial charge in [-0.1, -0.05) is 13.5 Å². The van der Waals surface area contributed by atoms with Gasteiger partial charge >= 0.3 is 0 Å². The maximum Gasteiger partial charge on any atom is 0.146 e. The van der Waals surface area contributed by atoms with Gasteiger partial charge in [0.25, 0.3) is 0 Å². The van der Waals surface area contributed by atoms with Gasteiger partial charge in [0.05, 0.1) is 13.1 Å². The average molecular weight is 246 g/mol. The molecule has 0 radical (unpaired) electrons. The third kappa shape index (κ3) is 2.82. The quantitative estimate of drug-likeness (QED) is 0.597. The summed E-state index contributed by atoms with van der Waals surface area (Å²) in [6, 6.07) is 0. The molecule has 0 aliphatic carbocycles. The minimum atomic E-state index is 0.701. The molecule has 1 aromatic heterocycles. The van der Waals surface area contributed by atoms with Gasteiger partial charge in [-0.15, -0.1) is 0 Å². The van der Waals surface area contributed by atoms with Gasteiger partial charge in [0.1, 0.15) is 24.3 Å². The summed E-state index contributed by atoms with van der Waals surface area (Å²) in [6.45, 7) is 10.4. The summed E-state index contributed by atoms with van der Waals surface area (Å²) < 4.78 is 1.91. The maximum absolute atomic E-state index is 4.25. The Hall–Kier alpha value is -1.98. The average Bonchev–Trinajstić information content (AvgIpc) is 2.85. The maximum atomic E-state index is 4.25. The molecule has 18 heavy (non-hydrogen) atoms. The highest BCUT2D eigenvalue weighted by atomic mass is 15.4. The number of rotatable bonds is 4. The van der Waals surface area contributed by atoms with Gasteiger partial charge in [-0.3, -0.25) is 0 Å². The Morgan fingerprint density at radius 3 is 3.17 bits per heavy atom. The number of fused-ring (bicyclic) bond motifs is 1. The molecule has 1 aliphatic heterocycles. The molecule has 0 aromatic carbocycles. The van der Waals surface area contributed by atoms with E-state index in [0.717, 1.165) is 36.9 Å². The normalized spacial score (nSPS) is 16.1. The van der Waals surface area contributed by atoms with Gasteiger partial charge in [0.15, 0.2) is 0 Å². The minimum Gasteiger partial charge on any atom is -0.348 e. The Morgan fingerprint density at radius 2 is 2.39 bits per heavy atom. The van der Waals surface area contributed by atoms with Crippen molar-refractivity contribution in [2.75, 3.05) is 6.54 Å². The fourth-order valence-electron chi connectivity index (χ4n) is 1.65. The molecule has 0 bridgehead atoms. The van der Waals surface area contributed by atoms with E-state index in [2.05, 4.69) is 38.5 Å². The van der Waals surface area contributed by atoms with Crippen molar-refractivity contribution in [1.29, 1.82) is 0 Å². The van der Waals surface area contributed by atoms with Crippen LogP contribution in [0.2, 0.25) is 0 Å². The second-order valence-corrected chi connectivity index (χ2v) is 4.20. The third-order valence-corrected chi connectivity index (χ3v) is 2.97. The van der Waals surface area contributed by atoms with Crippen molar-refractivity contribution in [2.45, 2.75) is 33.4 Å². The van der Waals surface area contributed by atoms with Crippen LogP contribution in [0.1, 0.15) is 26.1 Å². The molecule has 0 atom stereocenters. The Labute approximate surface area is 107 Å². The summed E-state index contributed by atoms with van der Waals surface area (Å²) in [5.74, 6) is 1.67. The first-order chi connectivity index (χ1) is 8.70. The van der Waals surface area contributed by atoms with Gasteiger partial charge in [-0.25, -0.2) is 19.7 Å². The Bertz CT molecular complexity index is 485. The number of aliphatic imine (C=N–C) groups is 2. The van der Waals surface area contributed by atoms with Crippen LogP contribution in [0.5, 0.6) is 0 Å². The van der Waals surface area contributed by atoms with Crippen LogP contribution in [0.15, 0.2) is 28.7 Å². The van der Waals surface area contributed by atoms with Crippen molar-refractivity contribution >= 4 is 12.1 Å². The van der Waals surface area contributed by atoms with E-state index in [1.54, 1.807) is 12.7 Å². The van der Waals surface area contributed by atoms with Crippen molar-refractivity contribution in [2.24, 2.45) is 9.98 Å². The van der Waals surface area contributed by atoms with Crippen LogP contribution in [-0.2, 0) is 13.1 Å². The number of aromatic nitrogens is 3. The highest BCUT2D eigenvalue weighted by Gasteiger charge is 2.17. The van der Waals surface area contributed by atoms with Gasteiger partial charge < -0.3 is 4.90 Å². The van der Waals surface area contributed by atoms with E-state index in [-0.39, 0.29) is 0 Å². The van der Waals surface area contributed by atoms with E-state index in [1.807, 2.05) is 11.6 Å². The zero-order chi connectivity index (χ0) is 13.0. The van der Waals surface area contributed by atoms with Crippen LogP contribution in [0.3, 0.4) is 0 Å². The molecule has 0 saturated heterocycles. The molecule has 1 aromatic rings. The Kier molecular flexibility index (Phi) is 3.86. The lowest BCUT2D eigenvalue weighted by Gasteiger charge is -2.27. The standard InChI is InChI=1S/C12H18N6/c1-4-10(2)13-8-14-11(3)17-5-6-18-12(7-17)15-9-16-18/h8-9H,3-7H2,1-2H3/b13-10?,14-8-. The van der Waals surface area contributed by atoms with Crippen molar-refractivity contribution in [3.05, 3.63) is 24.6 Å². The predicted molar refractivity (Wildman–Crippen MR) is 71.5 cm³/mol.